The minimum Gasteiger partial charge on any atom is -0.335 e. The van der Waals surface area contributed by atoms with E-state index in [1.165, 1.54) is 16.4 Å². The van der Waals surface area contributed by atoms with E-state index >= 15 is 0 Å². The van der Waals surface area contributed by atoms with E-state index in [0.717, 1.165) is 23.7 Å². The summed E-state index contributed by atoms with van der Waals surface area (Å²) in [5.74, 6) is -0.186. The van der Waals surface area contributed by atoms with Gasteiger partial charge in [-0.2, -0.15) is 4.31 Å². The summed E-state index contributed by atoms with van der Waals surface area (Å²) in [6, 6.07) is 4.77. The van der Waals surface area contributed by atoms with Gasteiger partial charge in [0.25, 0.3) is 11.6 Å². The van der Waals surface area contributed by atoms with Crippen LogP contribution in [0.25, 0.3) is 0 Å². The van der Waals surface area contributed by atoms with Crippen molar-refractivity contribution in [3.63, 3.8) is 0 Å². The first-order valence-corrected chi connectivity index (χ1v) is 10.4. The molecule has 1 aromatic heterocycles. The van der Waals surface area contributed by atoms with Crippen molar-refractivity contribution < 1.29 is 18.1 Å². The number of hydrogen-bond acceptors (Lipinski definition) is 8. The van der Waals surface area contributed by atoms with Crippen molar-refractivity contribution in [1.29, 1.82) is 0 Å². The number of sulfonamides is 1. The second-order valence-electron chi connectivity index (χ2n) is 5.85. The highest BCUT2D eigenvalue weighted by Crippen LogP contribution is 2.22. The molecule has 0 saturated carbocycles. The highest BCUT2D eigenvalue weighted by atomic mass is 32.2. The second kappa shape index (κ2) is 7.66. The van der Waals surface area contributed by atoms with Gasteiger partial charge in [0.2, 0.25) is 10.0 Å². The molecule has 0 spiro atoms. The average molecular weight is 411 g/mol. The number of aryl methyl sites for hydroxylation is 1. The quantitative estimate of drug-likeness (QED) is 0.533. The third-order valence-electron chi connectivity index (χ3n) is 4.30. The van der Waals surface area contributed by atoms with Gasteiger partial charge < -0.3 is 4.90 Å². The molecule has 0 unspecified atom stereocenters. The number of amides is 1. The van der Waals surface area contributed by atoms with Gasteiger partial charge in [-0.15, -0.1) is 5.10 Å². The summed E-state index contributed by atoms with van der Waals surface area (Å²) in [6.45, 7) is 2.71. The van der Waals surface area contributed by atoms with Crippen LogP contribution in [0.3, 0.4) is 0 Å². The summed E-state index contributed by atoms with van der Waals surface area (Å²) >= 11 is 1.04. The Bertz CT molecular complexity index is 949. The van der Waals surface area contributed by atoms with Gasteiger partial charge in [-0.3, -0.25) is 14.9 Å². The summed E-state index contributed by atoms with van der Waals surface area (Å²) in [4.78, 5) is 24.8. The molecule has 1 fully saturated rings. The third kappa shape index (κ3) is 3.82. The number of aromatic nitrogens is 2. The van der Waals surface area contributed by atoms with Crippen LogP contribution in [0.2, 0.25) is 0 Å². The number of hydrogen-bond donors (Lipinski definition) is 0. The number of non-ortho nitro benzene ring substituents is 1. The minimum absolute atomic E-state index is 0.00666. The van der Waals surface area contributed by atoms with Gasteiger partial charge in [0.1, 0.15) is 4.88 Å². The average Bonchev–Trinajstić information content (AvgIpc) is 3.16. The number of nitro benzene ring substituents is 1. The Morgan fingerprint density at radius 3 is 2.41 bits per heavy atom. The fourth-order valence-electron chi connectivity index (χ4n) is 2.77. The summed E-state index contributed by atoms with van der Waals surface area (Å²) in [5, 5.41) is 14.6. The lowest BCUT2D eigenvalue weighted by atomic mass is 10.2. The third-order valence-corrected chi connectivity index (χ3v) is 6.97. The molecule has 0 atom stereocenters. The van der Waals surface area contributed by atoms with Gasteiger partial charge in [0, 0.05) is 38.3 Å². The van der Waals surface area contributed by atoms with Gasteiger partial charge >= 0.3 is 0 Å². The van der Waals surface area contributed by atoms with Crippen molar-refractivity contribution in [2.45, 2.75) is 18.2 Å². The Balaban J connectivity index is 1.69. The van der Waals surface area contributed by atoms with E-state index < -0.39 is 14.9 Å². The molecule has 1 amide bonds. The number of benzene rings is 1. The highest BCUT2D eigenvalue weighted by Gasteiger charge is 2.32. The maximum Gasteiger partial charge on any atom is 0.269 e. The van der Waals surface area contributed by atoms with Gasteiger partial charge in [-0.05, 0) is 30.1 Å². The molecule has 10 nitrogen and oxygen atoms in total. The smallest absolute Gasteiger partial charge is 0.269 e. The van der Waals surface area contributed by atoms with Gasteiger partial charge in [-0.1, -0.05) is 11.4 Å². The van der Waals surface area contributed by atoms with Crippen molar-refractivity contribution in [3.05, 3.63) is 45.0 Å². The van der Waals surface area contributed by atoms with Crippen LogP contribution in [0.5, 0.6) is 0 Å². The predicted molar refractivity (Wildman–Crippen MR) is 97.0 cm³/mol. The predicted octanol–water partition coefficient (Wildman–Crippen LogP) is 1.16. The first-order chi connectivity index (χ1) is 12.8. The molecule has 2 aromatic rings. The molecular formula is C15H17N5O5S2. The number of carbonyl (C=O) groups is 1. The molecular weight excluding hydrogens is 394 g/mol. The fraction of sp³-hybridized carbons (Fsp3) is 0.400. The summed E-state index contributed by atoms with van der Waals surface area (Å²) < 4.78 is 30.5. The maximum absolute atomic E-state index is 12.7. The molecule has 2 heterocycles. The summed E-state index contributed by atoms with van der Waals surface area (Å²) in [7, 11) is -3.77. The molecule has 0 aliphatic carbocycles. The number of nitrogens with zero attached hydrogens (tertiary/aromatic N) is 5. The highest BCUT2D eigenvalue weighted by molar-refractivity contribution is 7.89. The van der Waals surface area contributed by atoms with Crippen LogP contribution in [0.4, 0.5) is 5.69 Å². The van der Waals surface area contributed by atoms with Crippen LogP contribution in [-0.4, -0.2) is 64.2 Å². The monoisotopic (exact) mass is 411 g/mol. The summed E-state index contributed by atoms with van der Waals surface area (Å²) in [6.07, 6.45) is 0.603. The van der Waals surface area contributed by atoms with E-state index in [9.17, 15) is 23.3 Å². The van der Waals surface area contributed by atoms with E-state index in [-0.39, 0.29) is 42.7 Å². The molecule has 0 N–H and O–H groups in total. The van der Waals surface area contributed by atoms with E-state index in [2.05, 4.69) is 9.59 Å². The zero-order chi connectivity index (χ0) is 19.6. The molecule has 0 radical (unpaired) electrons. The first kappa shape index (κ1) is 19.3. The Labute approximate surface area is 159 Å². The normalized spacial score (nSPS) is 15.7. The molecule has 0 bridgehead atoms. The van der Waals surface area contributed by atoms with E-state index in [1.807, 2.05) is 6.92 Å². The topological polar surface area (TPSA) is 127 Å². The molecule has 1 saturated heterocycles. The first-order valence-electron chi connectivity index (χ1n) is 8.19. The number of nitro groups is 1. The van der Waals surface area contributed by atoms with Crippen molar-refractivity contribution in [2.24, 2.45) is 0 Å². The lowest BCUT2D eigenvalue weighted by Gasteiger charge is -2.33. The summed E-state index contributed by atoms with van der Waals surface area (Å²) in [5.41, 5.74) is 0.472. The Morgan fingerprint density at radius 1 is 1.22 bits per heavy atom. The Kier molecular flexibility index (Phi) is 5.48. The second-order valence-corrected chi connectivity index (χ2v) is 8.54. The van der Waals surface area contributed by atoms with Gasteiger partial charge in [-0.25, -0.2) is 8.42 Å². The number of piperazine rings is 1. The lowest BCUT2D eigenvalue weighted by Crippen LogP contribution is -2.50. The van der Waals surface area contributed by atoms with Crippen molar-refractivity contribution in [1.82, 2.24) is 18.8 Å². The van der Waals surface area contributed by atoms with Crippen molar-refractivity contribution >= 4 is 33.2 Å². The lowest BCUT2D eigenvalue weighted by molar-refractivity contribution is -0.384. The van der Waals surface area contributed by atoms with E-state index in [0.29, 0.717) is 17.0 Å². The van der Waals surface area contributed by atoms with Crippen molar-refractivity contribution in [2.75, 3.05) is 26.2 Å². The van der Waals surface area contributed by atoms with Crippen LogP contribution in [0.1, 0.15) is 22.3 Å². The van der Waals surface area contributed by atoms with Gasteiger partial charge in [0.15, 0.2) is 0 Å². The zero-order valence-corrected chi connectivity index (χ0v) is 16.1. The molecule has 27 heavy (non-hydrogen) atoms. The number of rotatable bonds is 5. The van der Waals surface area contributed by atoms with Crippen LogP contribution in [0.15, 0.2) is 29.2 Å². The van der Waals surface area contributed by atoms with Crippen LogP contribution in [0, 0.1) is 10.1 Å². The molecule has 144 valence electrons. The molecule has 3 rings (SSSR count). The molecule has 1 aromatic carbocycles. The fourth-order valence-corrected chi connectivity index (χ4v) is 4.91. The minimum atomic E-state index is -3.77. The van der Waals surface area contributed by atoms with Crippen LogP contribution >= 0.6 is 11.5 Å². The van der Waals surface area contributed by atoms with Gasteiger partial charge in [0.05, 0.1) is 15.5 Å². The van der Waals surface area contributed by atoms with E-state index in [4.69, 9.17) is 0 Å². The maximum atomic E-state index is 12.7. The Hall–Kier alpha value is -2.44. The van der Waals surface area contributed by atoms with Crippen LogP contribution in [-0.2, 0) is 16.4 Å². The standard InChI is InChI=1S/C15H17N5O5S2/c1-2-13-14(26-17-16-13)15(21)18-7-9-19(10-8-18)27(24,25)12-5-3-11(4-6-12)20(22)23/h3-6H,2,7-10H2,1H3. The number of carbonyl (C=O) groups excluding carboxylic acids is 1. The largest absolute Gasteiger partial charge is 0.335 e. The molecule has 1 aliphatic heterocycles. The van der Waals surface area contributed by atoms with E-state index in [1.54, 1.807) is 4.90 Å². The van der Waals surface area contributed by atoms with Crippen LogP contribution < -0.4 is 0 Å². The van der Waals surface area contributed by atoms with Crippen molar-refractivity contribution in [3.8, 4) is 0 Å². The zero-order valence-electron chi connectivity index (χ0n) is 14.4. The SMILES string of the molecule is CCc1nnsc1C(=O)N1CCN(S(=O)(=O)c2ccc([N+](=O)[O-])cc2)CC1. The molecule has 1 aliphatic rings. The molecule has 12 heteroatoms. The Morgan fingerprint density at radius 2 is 1.85 bits per heavy atom.